The van der Waals surface area contributed by atoms with E-state index in [1.165, 1.54) is 6.07 Å². The van der Waals surface area contributed by atoms with E-state index in [0.717, 1.165) is 6.42 Å². The number of rotatable bonds is 2. The number of halogens is 2. The first kappa shape index (κ1) is 11.4. The molecule has 0 saturated heterocycles. The number of benzene rings is 1. The molecule has 2 rings (SSSR count). The van der Waals surface area contributed by atoms with Crippen LogP contribution in [-0.4, -0.2) is 18.4 Å². The van der Waals surface area contributed by atoms with Crippen LogP contribution in [0.3, 0.4) is 0 Å². The predicted octanol–water partition coefficient (Wildman–Crippen LogP) is 2.12. The second-order valence-corrected chi connectivity index (χ2v) is 3.77. The van der Waals surface area contributed by atoms with Crippen LogP contribution < -0.4 is 15.0 Å². The van der Waals surface area contributed by atoms with Crippen molar-refractivity contribution in [3.8, 4) is 11.5 Å². The number of hydrogen-bond donors (Lipinski definition) is 2. The van der Waals surface area contributed by atoms with E-state index in [0.29, 0.717) is 24.7 Å². The predicted molar refractivity (Wildman–Crippen MR) is 55.6 cm³/mol. The maximum absolute atomic E-state index is 13.7. The SMILES string of the molecule is ONCc1c(F)c(Cl)cc2c1OCCCO2. The third-order valence-electron chi connectivity index (χ3n) is 2.28. The van der Waals surface area contributed by atoms with E-state index in [2.05, 4.69) is 0 Å². The van der Waals surface area contributed by atoms with Gasteiger partial charge in [0.05, 0.1) is 30.3 Å². The number of nitrogens with one attached hydrogen (secondary N) is 1. The van der Waals surface area contributed by atoms with Gasteiger partial charge in [0.25, 0.3) is 0 Å². The van der Waals surface area contributed by atoms with Gasteiger partial charge in [0, 0.05) is 12.5 Å². The normalized spacial score (nSPS) is 14.7. The molecule has 1 aliphatic heterocycles. The third kappa shape index (κ3) is 2.07. The van der Waals surface area contributed by atoms with Crippen molar-refractivity contribution in [3.63, 3.8) is 0 Å². The van der Waals surface area contributed by atoms with E-state index >= 15 is 0 Å². The molecule has 0 unspecified atom stereocenters. The number of ether oxygens (including phenoxy) is 2. The molecule has 0 saturated carbocycles. The van der Waals surface area contributed by atoms with E-state index in [-0.39, 0.29) is 17.1 Å². The van der Waals surface area contributed by atoms with Crippen molar-refractivity contribution in [1.82, 2.24) is 5.48 Å². The van der Waals surface area contributed by atoms with E-state index in [4.69, 9.17) is 26.3 Å². The van der Waals surface area contributed by atoms with Gasteiger partial charge in [-0.2, -0.15) is 0 Å². The summed E-state index contributed by atoms with van der Waals surface area (Å²) in [5, 5.41) is 8.60. The highest BCUT2D eigenvalue weighted by atomic mass is 35.5. The molecule has 16 heavy (non-hydrogen) atoms. The average molecular weight is 248 g/mol. The van der Waals surface area contributed by atoms with Crippen LogP contribution in [-0.2, 0) is 6.54 Å². The van der Waals surface area contributed by atoms with Crippen molar-refractivity contribution in [2.45, 2.75) is 13.0 Å². The van der Waals surface area contributed by atoms with E-state index < -0.39 is 5.82 Å². The molecule has 0 aliphatic carbocycles. The van der Waals surface area contributed by atoms with Gasteiger partial charge in [-0.05, 0) is 0 Å². The number of hydrogen-bond acceptors (Lipinski definition) is 4. The maximum Gasteiger partial charge on any atom is 0.168 e. The molecule has 0 bridgehead atoms. The molecule has 1 heterocycles. The van der Waals surface area contributed by atoms with E-state index in [1.807, 2.05) is 5.48 Å². The summed E-state index contributed by atoms with van der Waals surface area (Å²) in [4.78, 5) is 0. The number of fused-ring (bicyclic) bond motifs is 1. The van der Waals surface area contributed by atoms with Gasteiger partial charge >= 0.3 is 0 Å². The molecule has 0 fully saturated rings. The van der Waals surface area contributed by atoms with Gasteiger partial charge in [0.1, 0.15) is 5.82 Å². The summed E-state index contributed by atoms with van der Waals surface area (Å²) >= 11 is 5.72. The second kappa shape index (κ2) is 4.86. The summed E-state index contributed by atoms with van der Waals surface area (Å²) < 4.78 is 24.5. The van der Waals surface area contributed by atoms with Crippen LogP contribution in [0.15, 0.2) is 6.07 Å². The smallest absolute Gasteiger partial charge is 0.168 e. The van der Waals surface area contributed by atoms with Gasteiger partial charge in [-0.25, -0.2) is 9.87 Å². The first-order chi connectivity index (χ1) is 7.74. The maximum atomic E-state index is 13.7. The van der Waals surface area contributed by atoms with Crippen LogP contribution in [0, 0.1) is 5.82 Å². The molecule has 6 heteroatoms. The molecule has 0 radical (unpaired) electrons. The largest absolute Gasteiger partial charge is 0.489 e. The Balaban J connectivity index is 2.51. The zero-order valence-electron chi connectivity index (χ0n) is 8.43. The Labute approximate surface area is 96.9 Å². The van der Waals surface area contributed by atoms with Gasteiger partial charge in [-0.3, -0.25) is 0 Å². The monoisotopic (exact) mass is 247 g/mol. The minimum atomic E-state index is -0.604. The van der Waals surface area contributed by atoms with Crippen LogP contribution in [0.1, 0.15) is 12.0 Å². The molecule has 88 valence electrons. The molecule has 0 atom stereocenters. The Kier molecular flexibility index (Phi) is 3.48. The quantitative estimate of drug-likeness (QED) is 0.786. The molecule has 2 N–H and O–H groups in total. The summed E-state index contributed by atoms with van der Waals surface area (Å²) in [5.74, 6) is 0.113. The molecular formula is C10H11ClFNO3. The van der Waals surface area contributed by atoms with Crippen LogP contribution in [0.25, 0.3) is 0 Å². The van der Waals surface area contributed by atoms with E-state index in [1.54, 1.807) is 0 Å². The molecule has 1 aliphatic rings. The standard InChI is InChI=1S/C10H11ClFNO3/c11-7-4-8-10(16-3-1-2-15-8)6(5-13-14)9(7)12/h4,13-14H,1-3,5H2. The summed E-state index contributed by atoms with van der Waals surface area (Å²) in [6.07, 6.45) is 0.722. The van der Waals surface area contributed by atoms with Crippen LogP contribution in [0.5, 0.6) is 11.5 Å². The summed E-state index contributed by atoms with van der Waals surface area (Å²) in [7, 11) is 0. The van der Waals surface area contributed by atoms with Crippen molar-refractivity contribution in [3.05, 3.63) is 22.5 Å². The lowest BCUT2D eigenvalue weighted by Crippen LogP contribution is -2.11. The molecule has 1 aromatic rings. The molecule has 0 spiro atoms. The van der Waals surface area contributed by atoms with Gasteiger partial charge in [0.2, 0.25) is 0 Å². The lowest BCUT2D eigenvalue weighted by atomic mass is 10.1. The van der Waals surface area contributed by atoms with Crippen LogP contribution in [0.2, 0.25) is 5.02 Å². The highest BCUT2D eigenvalue weighted by Crippen LogP contribution is 2.38. The third-order valence-corrected chi connectivity index (χ3v) is 2.55. The number of hydroxylamine groups is 1. The van der Waals surface area contributed by atoms with Crippen molar-refractivity contribution >= 4 is 11.6 Å². The highest BCUT2D eigenvalue weighted by Gasteiger charge is 2.21. The van der Waals surface area contributed by atoms with Gasteiger partial charge < -0.3 is 14.7 Å². The minimum absolute atomic E-state index is 0.0468. The first-order valence-electron chi connectivity index (χ1n) is 4.87. The van der Waals surface area contributed by atoms with Gasteiger partial charge in [0.15, 0.2) is 11.5 Å². The zero-order chi connectivity index (χ0) is 11.5. The summed E-state index contributed by atoms with van der Waals surface area (Å²) in [6, 6.07) is 1.39. The fraction of sp³-hybridized carbons (Fsp3) is 0.400. The van der Waals surface area contributed by atoms with Crippen molar-refractivity contribution < 1.29 is 19.1 Å². The summed E-state index contributed by atoms with van der Waals surface area (Å²) in [6.45, 7) is 0.867. The van der Waals surface area contributed by atoms with Crippen molar-refractivity contribution in [2.24, 2.45) is 0 Å². The van der Waals surface area contributed by atoms with Crippen molar-refractivity contribution in [1.29, 1.82) is 0 Å². The topological polar surface area (TPSA) is 50.7 Å². The molecule has 1 aromatic carbocycles. The minimum Gasteiger partial charge on any atom is -0.489 e. The van der Waals surface area contributed by atoms with Crippen LogP contribution >= 0.6 is 11.6 Å². The van der Waals surface area contributed by atoms with Crippen LogP contribution in [0.4, 0.5) is 4.39 Å². The zero-order valence-corrected chi connectivity index (χ0v) is 9.18. The van der Waals surface area contributed by atoms with Gasteiger partial charge in [-0.15, -0.1) is 0 Å². The van der Waals surface area contributed by atoms with Crippen molar-refractivity contribution in [2.75, 3.05) is 13.2 Å². The second-order valence-electron chi connectivity index (χ2n) is 3.36. The highest BCUT2D eigenvalue weighted by molar-refractivity contribution is 6.31. The lowest BCUT2D eigenvalue weighted by Gasteiger charge is -2.13. The molecule has 0 amide bonds. The Morgan fingerprint density at radius 3 is 2.94 bits per heavy atom. The average Bonchev–Trinajstić information content (AvgIpc) is 2.50. The fourth-order valence-electron chi connectivity index (χ4n) is 1.55. The fourth-order valence-corrected chi connectivity index (χ4v) is 1.77. The molecule has 4 nitrogen and oxygen atoms in total. The summed E-state index contributed by atoms with van der Waals surface area (Å²) in [5.41, 5.74) is 2.06. The molecular weight excluding hydrogens is 237 g/mol. The first-order valence-corrected chi connectivity index (χ1v) is 5.25. The Bertz CT molecular complexity index is 400. The Morgan fingerprint density at radius 1 is 1.44 bits per heavy atom. The molecule has 0 aromatic heterocycles. The van der Waals surface area contributed by atoms with E-state index in [9.17, 15) is 4.39 Å². The Morgan fingerprint density at radius 2 is 2.19 bits per heavy atom. The Hall–Kier alpha value is -1.04. The lowest BCUT2D eigenvalue weighted by molar-refractivity contribution is 0.158. The van der Waals surface area contributed by atoms with Gasteiger partial charge in [-0.1, -0.05) is 11.6 Å².